The van der Waals surface area contributed by atoms with Gasteiger partial charge in [0.25, 0.3) is 0 Å². The first-order valence-electron chi connectivity index (χ1n) is 6.81. The molecular formula is C13H24N4O. The normalized spacial score (nSPS) is 18.1. The van der Waals surface area contributed by atoms with Crippen LogP contribution in [0.5, 0.6) is 0 Å². The van der Waals surface area contributed by atoms with Gasteiger partial charge in [0.2, 0.25) is 0 Å². The maximum Gasteiger partial charge on any atom is 0.148 e. The fourth-order valence-corrected chi connectivity index (χ4v) is 2.46. The van der Waals surface area contributed by atoms with Gasteiger partial charge in [0.15, 0.2) is 0 Å². The largest absolute Gasteiger partial charge is 0.385 e. The Kier molecular flexibility index (Phi) is 4.47. The zero-order chi connectivity index (χ0) is 13.0. The summed E-state index contributed by atoms with van der Waals surface area (Å²) in [5.41, 5.74) is 2.38. The van der Waals surface area contributed by atoms with Crippen LogP contribution < -0.4 is 10.6 Å². The molecule has 18 heavy (non-hydrogen) atoms. The molecule has 5 heteroatoms. The van der Waals surface area contributed by atoms with Crippen molar-refractivity contribution < 1.29 is 4.74 Å². The third-order valence-electron chi connectivity index (χ3n) is 3.37. The molecule has 1 aromatic heterocycles. The predicted molar refractivity (Wildman–Crippen MR) is 74.2 cm³/mol. The minimum absolute atomic E-state index is 0.470. The lowest BCUT2D eigenvalue weighted by molar-refractivity contribution is 0.191. The lowest BCUT2D eigenvalue weighted by Crippen LogP contribution is -2.33. The van der Waals surface area contributed by atoms with Crippen LogP contribution in [0.1, 0.15) is 31.9 Å². The van der Waals surface area contributed by atoms with Gasteiger partial charge < -0.3 is 15.4 Å². The highest BCUT2D eigenvalue weighted by Gasteiger charge is 2.23. The highest BCUT2D eigenvalue weighted by molar-refractivity contribution is 5.70. The van der Waals surface area contributed by atoms with E-state index < -0.39 is 0 Å². The first kappa shape index (κ1) is 13.2. The van der Waals surface area contributed by atoms with Gasteiger partial charge in [0.05, 0.1) is 5.69 Å². The van der Waals surface area contributed by atoms with Crippen LogP contribution in [-0.2, 0) is 18.2 Å². The molecule has 0 spiro atoms. The average Bonchev–Trinajstić information content (AvgIpc) is 2.67. The van der Waals surface area contributed by atoms with Crippen LogP contribution in [-0.4, -0.2) is 36.1 Å². The molecule has 1 aromatic rings. The van der Waals surface area contributed by atoms with E-state index >= 15 is 0 Å². The molecule has 0 aliphatic carbocycles. The Hall–Kier alpha value is -1.23. The summed E-state index contributed by atoms with van der Waals surface area (Å²) in [6.45, 7) is 3.99. The summed E-state index contributed by atoms with van der Waals surface area (Å²) in [7, 11) is 3.76. The van der Waals surface area contributed by atoms with Gasteiger partial charge in [0.1, 0.15) is 11.5 Å². The van der Waals surface area contributed by atoms with E-state index in [9.17, 15) is 0 Å². The van der Waals surface area contributed by atoms with Crippen molar-refractivity contribution in [3.63, 3.8) is 0 Å². The number of rotatable bonds is 6. The fourth-order valence-electron chi connectivity index (χ4n) is 2.46. The van der Waals surface area contributed by atoms with Gasteiger partial charge in [-0.25, -0.2) is 0 Å². The van der Waals surface area contributed by atoms with Crippen LogP contribution in [0, 0.1) is 0 Å². The van der Waals surface area contributed by atoms with Crippen LogP contribution >= 0.6 is 0 Å². The molecule has 2 N–H and O–H groups in total. The summed E-state index contributed by atoms with van der Waals surface area (Å²) in [4.78, 5) is 0. The number of methoxy groups -OCH3 is 1. The Morgan fingerprint density at radius 1 is 1.50 bits per heavy atom. The van der Waals surface area contributed by atoms with Crippen molar-refractivity contribution in [2.45, 2.75) is 38.6 Å². The molecule has 0 saturated heterocycles. The van der Waals surface area contributed by atoms with E-state index in [2.05, 4.69) is 22.7 Å². The first-order valence-corrected chi connectivity index (χ1v) is 6.81. The minimum atomic E-state index is 0.470. The number of anilines is 2. The highest BCUT2D eigenvalue weighted by Crippen LogP contribution is 2.30. The van der Waals surface area contributed by atoms with E-state index in [0.29, 0.717) is 6.04 Å². The van der Waals surface area contributed by atoms with Crippen LogP contribution in [0.2, 0.25) is 0 Å². The van der Waals surface area contributed by atoms with E-state index in [0.717, 1.165) is 44.7 Å². The number of fused-ring (bicyclic) bond motifs is 1. The highest BCUT2D eigenvalue weighted by atomic mass is 16.5. The Bertz CT molecular complexity index is 389. The monoisotopic (exact) mass is 252 g/mol. The summed E-state index contributed by atoms with van der Waals surface area (Å²) in [5, 5.41) is 11.7. The number of hydrogen-bond acceptors (Lipinski definition) is 4. The van der Waals surface area contributed by atoms with Crippen molar-refractivity contribution in [1.29, 1.82) is 0 Å². The van der Waals surface area contributed by atoms with Crippen molar-refractivity contribution in [1.82, 2.24) is 9.78 Å². The van der Waals surface area contributed by atoms with E-state index in [1.165, 1.54) is 11.4 Å². The zero-order valence-corrected chi connectivity index (χ0v) is 11.6. The number of aromatic nitrogens is 2. The lowest BCUT2D eigenvalue weighted by Gasteiger charge is -2.27. The Morgan fingerprint density at radius 2 is 2.33 bits per heavy atom. The Balaban J connectivity index is 2.00. The Labute approximate surface area is 109 Å². The first-order chi connectivity index (χ1) is 8.76. The molecule has 0 bridgehead atoms. The van der Waals surface area contributed by atoms with Gasteiger partial charge >= 0.3 is 0 Å². The second-order valence-corrected chi connectivity index (χ2v) is 4.90. The zero-order valence-electron chi connectivity index (χ0n) is 11.6. The quantitative estimate of drug-likeness (QED) is 0.760. The van der Waals surface area contributed by atoms with Crippen molar-refractivity contribution in [3.05, 3.63) is 5.69 Å². The van der Waals surface area contributed by atoms with Crippen LogP contribution in [0.4, 0.5) is 11.5 Å². The molecule has 1 unspecified atom stereocenters. The van der Waals surface area contributed by atoms with Gasteiger partial charge in [-0.1, -0.05) is 13.3 Å². The van der Waals surface area contributed by atoms with E-state index in [1.54, 1.807) is 7.11 Å². The van der Waals surface area contributed by atoms with E-state index in [-0.39, 0.29) is 0 Å². The van der Waals surface area contributed by atoms with Gasteiger partial charge in [0, 0.05) is 33.4 Å². The molecule has 1 atom stereocenters. The number of aryl methyl sites for hydroxylation is 2. The SMILES string of the molecule is CCCc1nn(C)c2c1NCC(CCCOC)N2. The van der Waals surface area contributed by atoms with Gasteiger partial charge in [-0.05, 0) is 19.3 Å². The maximum absolute atomic E-state index is 5.10. The number of hydrogen-bond donors (Lipinski definition) is 2. The molecule has 0 aromatic carbocycles. The number of ether oxygens (including phenoxy) is 1. The van der Waals surface area contributed by atoms with Gasteiger partial charge in [-0.2, -0.15) is 5.10 Å². The van der Waals surface area contributed by atoms with Crippen molar-refractivity contribution >= 4 is 11.5 Å². The fraction of sp³-hybridized carbons (Fsp3) is 0.769. The lowest BCUT2D eigenvalue weighted by atomic mass is 10.1. The average molecular weight is 252 g/mol. The maximum atomic E-state index is 5.10. The van der Waals surface area contributed by atoms with E-state index in [4.69, 9.17) is 4.74 Å². The summed E-state index contributed by atoms with van der Waals surface area (Å²) < 4.78 is 7.05. The summed E-state index contributed by atoms with van der Waals surface area (Å²) in [5.74, 6) is 1.13. The summed E-state index contributed by atoms with van der Waals surface area (Å²) >= 11 is 0. The predicted octanol–water partition coefficient (Wildman–Crippen LogP) is 2.01. The Morgan fingerprint density at radius 3 is 3.06 bits per heavy atom. The molecule has 1 aliphatic heterocycles. The summed E-state index contributed by atoms with van der Waals surface area (Å²) in [6.07, 6.45) is 4.37. The van der Waals surface area contributed by atoms with E-state index in [1.807, 2.05) is 11.7 Å². The summed E-state index contributed by atoms with van der Waals surface area (Å²) in [6, 6.07) is 0.470. The second-order valence-electron chi connectivity index (χ2n) is 4.90. The standard InChI is InChI=1S/C13H24N4O/c1-4-6-11-12-13(17(2)16-11)15-10(9-14-12)7-5-8-18-3/h10,14-15H,4-9H2,1-3H3. The molecule has 0 saturated carbocycles. The molecule has 0 fully saturated rings. The molecule has 0 amide bonds. The molecule has 0 radical (unpaired) electrons. The van der Waals surface area contributed by atoms with Crippen LogP contribution in [0.3, 0.4) is 0 Å². The number of nitrogens with one attached hydrogen (secondary N) is 2. The van der Waals surface area contributed by atoms with Crippen LogP contribution in [0.25, 0.3) is 0 Å². The number of nitrogens with zero attached hydrogens (tertiary/aromatic N) is 2. The minimum Gasteiger partial charge on any atom is -0.385 e. The molecule has 5 nitrogen and oxygen atoms in total. The smallest absolute Gasteiger partial charge is 0.148 e. The molecule has 2 rings (SSSR count). The van der Waals surface area contributed by atoms with Crippen molar-refractivity contribution in [3.8, 4) is 0 Å². The molecular weight excluding hydrogens is 228 g/mol. The van der Waals surface area contributed by atoms with Crippen molar-refractivity contribution in [2.75, 3.05) is 30.9 Å². The molecule has 1 aliphatic rings. The second kappa shape index (κ2) is 6.09. The molecule has 2 heterocycles. The third kappa shape index (κ3) is 2.77. The third-order valence-corrected chi connectivity index (χ3v) is 3.37. The van der Waals surface area contributed by atoms with Gasteiger partial charge in [-0.3, -0.25) is 4.68 Å². The van der Waals surface area contributed by atoms with Crippen LogP contribution in [0.15, 0.2) is 0 Å². The molecule has 102 valence electrons. The van der Waals surface area contributed by atoms with Crippen molar-refractivity contribution in [2.24, 2.45) is 7.05 Å². The van der Waals surface area contributed by atoms with Gasteiger partial charge in [-0.15, -0.1) is 0 Å². The topological polar surface area (TPSA) is 51.1 Å².